The van der Waals surface area contributed by atoms with Crippen LogP contribution in [0.5, 0.6) is 0 Å². The van der Waals surface area contributed by atoms with Gasteiger partial charge in [0.15, 0.2) is 5.69 Å². The molecule has 0 bridgehead atoms. The average molecular weight is 270 g/mol. The molecule has 1 spiro atoms. The van der Waals surface area contributed by atoms with Crippen molar-refractivity contribution < 1.29 is 4.79 Å². The molecule has 2 saturated heterocycles. The number of allylic oxidation sites excluding steroid dienone is 1. The van der Waals surface area contributed by atoms with Crippen molar-refractivity contribution in [3.05, 3.63) is 23.0 Å². The molecule has 0 aromatic carbocycles. The van der Waals surface area contributed by atoms with E-state index in [2.05, 4.69) is 26.1 Å². The van der Waals surface area contributed by atoms with Crippen molar-refractivity contribution in [2.24, 2.45) is 0 Å². The van der Waals surface area contributed by atoms with E-state index in [1.54, 1.807) is 0 Å². The Bertz CT molecular complexity index is 634. The van der Waals surface area contributed by atoms with Crippen LogP contribution in [0.2, 0.25) is 0 Å². The Kier molecular flexibility index (Phi) is 1.95. The highest BCUT2D eigenvalue weighted by Gasteiger charge is 2.67. The fraction of sp³-hybridized carbons (Fsp3) is 0.600. The summed E-state index contributed by atoms with van der Waals surface area (Å²) in [5.41, 5.74) is 3.17. The third-order valence-electron chi connectivity index (χ3n) is 5.66. The molecular weight excluding hydrogens is 252 g/mol. The van der Waals surface area contributed by atoms with E-state index in [0.29, 0.717) is 17.3 Å². The average Bonchev–Trinajstić information content (AvgIpc) is 3.08. The van der Waals surface area contributed by atoms with Crippen molar-refractivity contribution in [1.82, 2.24) is 20.0 Å². The summed E-state index contributed by atoms with van der Waals surface area (Å²) in [5, 5.41) is 7.33. The summed E-state index contributed by atoms with van der Waals surface area (Å²) >= 11 is 0. The van der Waals surface area contributed by atoms with Crippen molar-refractivity contribution in [2.45, 2.75) is 37.3 Å². The number of rotatable bonds is 1. The molecule has 3 heterocycles. The van der Waals surface area contributed by atoms with Gasteiger partial charge in [0.2, 0.25) is 0 Å². The predicted molar refractivity (Wildman–Crippen MR) is 74.3 cm³/mol. The van der Waals surface area contributed by atoms with Crippen LogP contribution in [0.15, 0.2) is 6.08 Å². The number of nitrogens with zero attached hydrogens (tertiary/aromatic N) is 3. The second kappa shape index (κ2) is 3.52. The Morgan fingerprint density at radius 3 is 3.25 bits per heavy atom. The highest BCUT2D eigenvalue weighted by Crippen LogP contribution is 2.53. The van der Waals surface area contributed by atoms with Crippen molar-refractivity contribution in [2.75, 3.05) is 19.6 Å². The maximum absolute atomic E-state index is 12.9. The molecule has 3 atom stereocenters. The van der Waals surface area contributed by atoms with Gasteiger partial charge in [0.05, 0.1) is 17.3 Å². The SMILES string of the molecule is O=C(c1n[nH]c2c1CCC=C2)N1CCN2CC23CCC13. The minimum Gasteiger partial charge on any atom is -0.331 e. The summed E-state index contributed by atoms with van der Waals surface area (Å²) in [5.74, 6) is 0.147. The van der Waals surface area contributed by atoms with E-state index in [1.165, 1.54) is 13.0 Å². The van der Waals surface area contributed by atoms with Crippen LogP contribution in [-0.4, -0.2) is 57.1 Å². The molecule has 0 radical (unpaired) electrons. The number of nitrogens with one attached hydrogen (secondary N) is 1. The molecule has 5 nitrogen and oxygen atoms in total. The Hall–Kier alpha value is -1.62. The number of fused-ring (bicyclic) bond motifs is 1. The molecular formula is C15H18N4O. The highest BCUT2D eigenvalue weighted by atomic mass is 16.2. The summed E-state index contributed by atoms with van der Waals surface area (Å²) in [6.07, 6.45) is 8.55. The molecule has 1 aromatic rings. The molecule has 5 rings (SSSR count). The highest BCUT2D eigenvalue weighted by molar-refractivity contribution is 5.95. The van der Waals surface area contributed by atoms with Gasteiger partial charge < -0.3 is 4.90 Å². The lowest BCUT2D eigenvalue weighted by atomic mass is 9.76. The fourth-order valence-electron chi connectivity index (χ4n) is 4.34. The van der Waals surface area contributed by atoms with Crippen LogP contribution in [0.3, 0.4) is 0 Å². The quantitative estimate of drug-likeness (QED) is 0.776. The van der Waals surface area contributed by atoms with Gasteiger partial charge in [-0.25, -0.2) is 0 Å². The summed E-state index contributed by atoms with van der Waals surface area (Å²) in [6, 6.07) is 0.440. The van der Waals surface area contributed by atoms with Gasteiger partial charge >= 0.3 is 0 Å². The molecule has 104 valence electrons. The van der Waals surface area contributed by atoms with Gasteiger partial charge in [-0.05, 0) is 31.8 Å². The van der Waals surface area contributed by atoms with Crippen LogP contribution in [-0.2, 0) is 6.42 Å². The number of hydrogen-bond acceptors (Lipinski definition) is 3. The number of amides is 1. The van der Waals surface area contributed by atoms with E-state index in [9.17, 15) is 4.79 Å². The van der Waals surface area contributed by atoms with Gasteiger partial charge in [-0.1, -0.05) is 6.08 Å². The fourth-order valence-corrected chi connectivity index (χ4v) is 4.34. The van der Waals surface area contributed by atoms with Crippen molar-refractivity contribution in [3.8, 4) is 0 Å². The first-order valence-corrected chi connectivity index (χ1v) is 7.59. The monoisotopic (exact) mass is 270 g/mol. The first kappa shape index (κ1) is 11.1. The minimum atomic E-state index is 0.147. The molecule has 2 aliphatic heterocycles. The van der Waals surface area contributed by atoms with Gasteiger partial charge in [-0.2, -0.15) is 5.10 Å². The molecule has 20 heavy (non-hydrogen) atoms. The van der Waals surface area contributed by atoms with Crippen LogP contribution >= 0.6 is 0 Å². The zero-order valence-corrected chi connectivity index (χ0v) is 11.4. The van der Waals surface area contributed by atoms with Gasteiger partial charge in [0, 0.05) is 25.2 Å². The number of carbonyl (C=O) groups is 1. The second-order valence-corrected chi connectivity index (χ2v) is 6.48. The third-order valence-corrected chi connectivity index (χ3v) is 5.66. The number of aromatic nitrogens is 2. The standard InChI is InChI=1S/C15H18N4O/c20-14(13-10-3-1-2-4-11(10)16-17-13)19-8-7-18-9-15(18)6-5-12(15)19/h2,4,12H,1,3,5-9H2,(H,16,17). The normalized spacial score (nSPS) is 36.7. The van der Waals surface area contributed by atoms with E-state index in [1.807, 2.05) is 6.08 Å². The lowest BCUT2D eigenvalue weighted by molar-refractivity contribution is 0.0189. The topological polar surface area (TPSA) is 52.0 Å². The van der Waals surface area contributed by atoms with Crippen LogP contribution in [0.25, 0.3) is 6.08 Å². The predicted octanol–water partition coefficient (Wildman–Crippen LogP) is 1.04. The maximum Gasteiger partial charge on any atom is 0.275 e. The summed E-state index contributed by atoms with van der Waals surface area (Å²) in [7, 11) is 0. The van der Waals surface area contributed by atoms with Crippen LogP contribution < -0.4 is 0 Å². The Balaban J connectivity index is 1.48. The molecule has 1 N–H and O–H groups in total. The van der Waals surface area contributed by atoms with Crippen LogP contribution in [0.4, 0.5) is 0 Å². The van der Waals surface area contributed by atoms with E-state index in [-0.39, 0.29) is 5.91 Å². The Morgan fingerprint density at radius 2 is 2.40 bits per heavy atom. The van der Waals surface area contributed by atoms with E-state index >= 15 is 0 Å². The van der Waals surface area contributed by atoms with E-state index in [0.717, 1.165) is 43.6 Å². The molecule has 4 aliphatic rings. The lowest BCUT2D eigenvalue weighted by Crippen LogP contribution is -2.61. The molecule has 1 saturated carbocycles. The van der Waals surface area contributed by atoms with Crippen LogP contribution in [0.1, 0.15) is 41.0 Å². The summed E-state index contributed by atoms with van der Waals surface area (Å²) in [4.78, 5) is 17.5. The van der Waals surface area contributed by atoms with Crippen LogP contribution in [0, 0.1) is 0 Å². The van der Waals surface area contributed by atoms with Gasteiger partial charge in [-0.3, -0.25) is 14.8 Å². The second-order valence-electron chi connectivity index (χ2n) is 6.48. The lowest BCUT2D eigenvalue weighted by Gasteiger charge is -2.48. The minimum absolute atomic E-state index is 0.147. The van der Waals surface area contributed by atoms with Crippen molar-refractivity contribution >= 4 is 12.0 Å². The smallest absolute Gasteiger partial charge is 0.275 e. The summed E-state index contributed by atoms with van der Waals surface area (Å²) in [6.45, 7) is 3.10. The van der Waals surface area contributed by atoms with Gasteiger partial charge in [0.1, 0.15) is 0 Å². The Labute approximate surface area is 117 Å². The Morgan fingerprint density at radius 1 is 1.45 bits per heavy atom. The third kappa shape index (κ3) is 1.22. The maximum atomic E-state index is 12.9. The zero-order chi connectivity index (χ0) is 13.3. The van der Waals surface area contributed by atoms with E-state index < -0.39 is 0 Å². The molecule has 5 heteroatoms. The number of hydrogen-bond donors (Lipinski definition) is 1. The van der Waals surface area contributed by atoms with Gasteiger partial charge in [-0.15, -0.1) is 0 Å². The number of piperazine rings is 1. The van der Waals surface area contributed by atoms with E-state index in [4.69, 9.17) is 0 Å². The zero-order valence-electron chi connectivity index (χ0n) is 11.4. The largest absolute Gasteiger partial charge is 0.331 e. The molecule has 1 aromatic heterocycles. The summed E-state index contributed by atoms with van der Waals surface area (Å²) < 4.78 is 0. The number of aromatic amines is 1. The first-order chi connectivity index (χ1) is 9.79. The molecule has 3 fully saturated rings. The molecule has 1 amide bonds. The number of H-pyrrole nitrogens is 1. The van der Waals surface area contributed by atoms with Gasteiger partial charge in [0.25, 0.3) is 5.91 Å². The van der Waals surface area contributed by atoms with Crippen molar-refractivity contribution in [3.63, 3.8) is 0 Å². The number of carbonyl (C=O) groups excluding carboxylic acids is 1. The first-order valence-electron chi connectivity index (χ1n) is 7.59. The molecule has 2 aliphatic carbocycles. The molecule has 3 unspecified atom stereocenters. The van der Waals surface area contributed by atoms with Crippen molar-refractivity contribution in [1.29, 1.82) is 0 Å².